The first-order valence-electron chi connectivity index (χ1n) is 9.88. The van der Waals surface area contributed by atoms with Crippen molar-refractivity contribution < 1.29 is 22.3 Å². The van der Waals surface area contributed by atoms with Crippen molar-refractivity contribution in [1.82, 2.24) is 9.55 Å². The van der Waals surface area contributed by atoms with Gasteiger partial charge in [-0.3, -0.25) is 4.79 Å². The Labute approximate surface area is 178 Å². The van der Waals surface area contributed by atoms with E-state index in [1.165, 1.54) is 6.20 Å². The minimum atomic E-state index is -3.78. The molecule has 0 spiro atoms. The van der Waals surface area contributed by atoms with Crippen molar-refractivity contribution in [1.29, 1.82) is 0 Å². The van der Waals surface area contributed by atoms with Crippen LogP contribution in [0.3, 0.4) is 0 Å². The molecule has 7 nitrogen and oxygen atoms in total. The second-order valence-electron chi connectivity index (χ2n) is 7.58. The van der Waals surface area contributed by atoms with Gasteiger partial charge >= 0.3 is 5.97 Å². The Kier molecular flexibility index (Phi) is 5.38. The first kappa shape index (κ1) is 21.2. The number of benzene rings is 1. The third-order valence-corrected chi connectivity index (χ3v) is 6.55. The van der Waals surface area contributed by atoms with E-state index in [1.54, 1.807) is 41.8 Å². The second-order valence-corrected chi connectivity index (χ2v) is 9.71. The molecule has 1 fully saturated rings. The van der Waals surface area contributed by atoms with Crippen molar-refractivity contribution in [3.63, 3.8) is 0 Å². The molecule has 0 N–H and O–H groups in total. The number of sulfone groups is 1. The standard InChI is InChI=1S/C22H21FN2O5S/c1-3-30-22(27)16-12-25(14-9-10-14)21-15(19(16)26)11-17(23)18(24-21)20(31(2,28)29)13-7-5-4-6-8-13/h4-8,11-12,14,20H,3,9-10H2,1-2H3. The van der Waals surface area contributed by atoms with E-state index in [1.807, 2.05) is 0 Å². The highest BCUT2D eigenvalue weighted by atomic mass is 32.2. The molecular weight excluding hydrogens is 423 g/mol. The van der Waals surface area contributed by atoms with Gasteiger partial charge in [0.25, 0.3) is 0 Å². The lowest BCUT2D eigenvalue weighted by atomic mass is 10.1. The fraction of sp³-hybridized carbons (Fsp3) is 0.318. The van der Waals surface area contributed by atoms with Crippen LogP contribution in [-0.2, 0) is 14.6 Å². The Morgan fingerprint density at radius 3 is 2.55 bits per heavy atom. The van der Waals surface area contributed by atoms with Gasteiger partial charge in [-0.2, -0.15) is 0 Å². The molecular formula is C22H21FN2O5S. The van der Waals surface area contributed by atoms with Crippen molar-refractivity contribution in [2.75, 3.05) is 12.9 Å². The summed E-state index contributed by atoms with van der Waals surface area (Å²) >= 11 is 0. The molecule has 31 heavy (non-hydrogen) atoms. The Bertz CT molecular complexity index is 1330. The molecule has 4 rings (SSSR count). The fourth-order valence-corrected chi connectivity index (χ4v) is 4.89. The highest BCUT2D eigenvalue weighted by molar-refractivity contribution is 7.91. The molecule has 1 atom stereocenters. The van der Waals surface area contributed by atoms with Crippen LogP contribution in [-0.4, -0.2) is 36.8 Å². The summed E-state index contributed by atoms with van der Waals surface area (Å²) in [5, 5.41) is -1.41. The predicted octanol–water partition coefficient (Wildman–Crippen LogP) is 3.18. The van der Waals surface area contributed by atoms with Crippen LogP contribution in [0, 0.1) is 5.82 Å². The van der Waals surface area contributed by atoms with Gasteiger partial charge in [-0.25, -0.2) is 22.6 Å². The Balaban J connectivity index is 2.00. The average Bonchev–Trinajstić information content (AvgIpc) is 3.54. The molecule has 1 saturated carbocycles. The zero-order valence-corrected chi connectivity index (χ0v) is 17.9. The quantitative estimate of drug-likeness (QED) is 0.542. The van der Waals surface area contributed by atoms with Crippen molar-refractivity contribution >= 4 is 26.8 Å². The zero-order chi connectivity index (χ0) is 22.3. The number of ether oxygens (including phenoxy) is 1. The summed E-state index contributed by atoms with van der Waals surface area (Å²) in [6, 6.07) is 9.22. The summed E-state index contributed by atoms with van der Waals surface area (Å²) in [6.45, 7) is 1.72. The van der Waals surface area contributed by atoms with Gasteiger partial charge in [0.2, 0.25) is 5.43 Å². The molecule has 1 unspecified atom stereocenters. The van der Waals surface area contributed by atoms with Crippen LogP contribution in [0.5, 0.6) is 0 Å². The van der Waals surface area contributed by atoms with Crippen molar-refractivity contribution in [2.24, 2.45) is 0 Å². The Morgan fingerprint density at radius 1 is 1.29 bits per heavy atom. The van der Waals surface area contributed by atoms with Crippen LogP contribution >= 0.6 is 0 Å². The first-order chi connectivity index (χ1) is 14.7. The number of rotatable bonds is 6. The Morgan fingerprint density at radius 2 is 1.97 bits per heavy atom. The maximum atomic E-state index is 15.2. The van der Waals surface area contributed by atoms with E-state index in [9.17, 15) is 18.0 Å². The molecule has 1 aliphatic carbocycles. The summed E-state index contributed by atoms with van der Waals surface area (Å²) in [4.78, 5) is 29.5. The third kappa shape index (κ3) is 3.97. The summed E-state index contributed by atoms with van der Waals surface area (Å²) in [7, 11) is -3.78. The third-order valence-electron chi connectivity index (χ3n) is 5.20. The SMILES string of the molecule is CCOC(=O)c1cn(C2CC2)c2nc(C(c3ccccc3)S(C)(=O)=O)c(F)cc2c1=O. The number of hydrogen-bond donors (Lipinski definition) is 0. The molecule has 1 aromatic carbocycles. The van der Waals surface area contributed by atoms with Gasteiger partial charge in [0, 0.05) is 18.5 Å². The largest absolute Gasteiger partial charge is 0.462 e. The van der Waals surface area contributed by atoms with Gasteiger partial charge in [-0.1, -0.05) is 30.3 Å². The summed E-state index contributed by atoms with van der Waals surface area (Å²) < 4.78 is 47.0. The first-order valence-corrected chi connectivity index (χ1v) is 11.8. The van der Waals surface area contributed by atoms with Gasteiger partial charge in [-0.05, 0) is 31.4 Å². The molecule has 162 valence electrons. The van der Waals surface area contributed by atoms with E-state index in [0.717, 1.165) is 25.2 Å². The van der Waals surface area contributed by atoms with Crippen LogP contribution in [0.4, 0.5) is 4.39 Å². The topological polar surface area (TPSA) is 95.3 Å². The number of halogens is 1. The van der Waals surface area contributed by atoms with E-state index in [0.29, 0.717) is 5.56 Å². The maximum absolute atomic E-state index is 15.2. The van der Waals surface area contributed by atoms with Gasteiger partial charge in [0.1, 0.15) is 28.0 Å². The van der Waals surface area contributed by atoms with Crippen LogP contribution < -0.4 is 5.43 Å². The summed E-state index contributed by atoms with van der Waals surface area (Å²) in [6.07, 6.45) is 4.02. The summed E-state index contributed by atoms with van der Waals surface area (Å²) in [5.74, 6) is -1.71. The zero-order valence-electron chi connectivity index (χ0n) is 17.0. The smallest absolute Gasteiger partial charge is 0.343 e. The van der Waals surface area contributed by atoms with Gasteiger partial charge < -0.3 is 9.30 Å². The molecule has 9 heteroatoms. The lowest BCUT2D eigenvalue weighted by Crippen LogP contribution is -2.23. The number of carbonyl (C=O) groups excluding carboxylic acids is 1. The number of aromatic nitrogens is 2. The predicted molar refractivity (Wildman–Crippen MR) is 113 cm³/mol. The van der Waals surface area contributed by atoms with E-state index < -0.39 is 32.3 Å². The molecule has 0 bridgehead atoms. The monoisotopic (exact) mass is 444 g/mol. The minimum absolute atomic E-state index is 0.00417. The van der Waals surface area contributed by atoms with Crippen LogP contribution in [0.15, 0.2) is 47.4 Å². The van der Waals surface area contributed by atoms with Crippen molar-refractivity contribution in [3.05, 3.63) is 75.5 Å². The maximum Gasteiger partial charge on any atom is 0.343 e. The van der Waals surface area contributed by atoms with Crippen LogP contribution in [0.2, 0.25) is 0 Å². The molecule has 0 amide bonds. The highest BCUT2D eigenvalue weighted by Crippen LogP contribution is 2.38. The van der Waals surface area contributed by atoms with Gasteiger partial charge in [0.05, 0.1) is 12.0 Å². The van der Waals surface area contributed by atoms with Crippen molar-refractivity contribution in [3.8, 4) is 0 Å². The second kappa shape index (κ2) is 7.88. The number of pyridine rings is 2. The average molecular weight is 444 g/mol. The number of fused-ring (bicyclic) bond motifs is 1. The number of hydrogen-bond acceptors (Lipinski definition) is 6. The lowest BCUT2D eigenvalue weighted by Gasteiger charge is -2.18. The molecule has 0 aliphatic heterocycles. The highest BCUT2D eigenvalue weighted by Gasteiger charge is 2.33. The van der Waals surface area contributed by atoms with E-state index in [2.05, 4.69) is 4.98 Å². The molecule has 0 saturated heterocycles. The molecule has 1 aliphatic rings. The lowest BCUT2D eigenvalue weighted by molar-refractivity contribution is 0.0524. The van der Waals surface area contributed by atoms with Crippen LogP contribution in [0.1, 0.15) is 52.7 Å². The molecule has 0 radical (unpaired) electrons. The van der Waals surface area contributed by atoms with E-state index in [-0.39, 0.29) is 34.9 Å². The molecule has 2 heterocycles. The van der Waals surface area contributed by atoms with Crippen molar-refractivity contribution in [2.45, 2.75) is 31.1 Å². The van der Waals surface area contributed by atoms with Gasteiger partial charge in [-0.15, -0.1) is 0 Å². The molecule has 3 aromatic rings. The summed E-state index contributed by atoms with van der Waals surface area (Å²) in [5.41, 5.74) is -0.642. The number of esters is 1. The fourth-order valence-electron chi connectivity index (χ4n) is 3.67. The van der Waals surface area contributed by atoms with E-state index >= 15 is 4.39 Å². The van der Waals surface area contributed by atoms with Gasteiger partial charge in [0.15, 0.2) is 9.84 Å². The molecule has 2 aromatic heterocycles. The number of nitrogens with zero attached hydrogens (tertiary/aromatic N) is 2. The van der Waals surface area contributed by atoms with Crippen LogP contribution in [0.25, 0.3) is 11.0 Å². The minimum Gasteiger partial charge on any atom is -0.462 e. The van der Waals surface area contributed by atoms with E-state index in [4.69, 9.17) is 4.74 Å². The number of carbonyl (C=O) groups is 1. The Hall–Kier alpha value is -3.07. The normalized spacial score (nSPS) is 15.1.